The minimum absolute atomic E-state index is 0.00396. The second kappa shape index (κ2) is 26.9. The third-order valence-electron chi connectivity index (χ3n) is 12.5. The summed E-state index contributed by atoms with van der Waals surface area (Å²) in [6.45, 7) is 6.53. The number of benzene rings is 4. The molecule has 26 nitrogen and oxygen atoms in total. The van der Waals surface area contributed by atoms with Crippen LogP contribution >= 0.6 is 11.6 Å². The number of ether oxygens (including phenoxy) is 9. The molecule has 2 aliphatic heterocycles. The van der Waals surface area contributed by atoms with Gasteiger partial charge < -0.3 is 71.1 Å². The van der Waals surface area contributed by atoms with Crippen molar-refractivity contribution in [3.05, 3.63) is 93.5 Å². The number of nitrogens with zero attached hydrogens (tertiary/aromatic N) is 5. The number of aryl methyl sites for hydroxylation is 1. The van der Waals surface area contributed by atoms with Gasteiger partial charge in [0.2, 0.25) is 12.4 Å². The number of likely N-dealkylation sites (N-methyl/N-ethyl adjacent to an activating group) is 1. The summed E-state index contributed by atoms with van der Waals surface area (Å²) >= 11 is 6.64. The van der Waals surface area contributed by atoms with E-state index in [-0.39, 0.29) is 61.4 Å². The Bertz CT molecular complexity index is 3350. The Labute approximate surface area is 469 Å². The fourth-order valence-electron chi connectivity index (χ4n) is 9.13. The Morgan fingerprint density at radius 1 is 0.852 bits per heavy atom. The van der Waals surface area contributed by atoms with E-state index in [1.165, 1.54) is 24.1 Å². The molecule has 4 aromatic carbocycles. The van der Waals surface area contributed by atoms with Crippen molar-refractivity contribution in [1.82, 2.24) is 15.2 Å². The van der Waals surface area contributed by atoms with E-state index in [4.69, 9.17) is 68.1 Å². The summed E-state index contributed by atoms with van der Waals surface area (Å²) in [5, 5.41) is 7.50. The monoisotopic (exact) mass is 1170 g/mol. The van der Waals surface area contributed by atoms with Gasteiger partial charge in [-0.1, -0.05) is 23.3 Å². The van der Waals surface area contributed by atoms with Crippen LogP contribution in [0.5, 0.6) is 28.7 Å². The quantitative estimate of drug-likeness (QED) is 0.0133. The van der Waals surface area contributed by atoms with Gasteiger partial charge in [0, 0.05) is 105 Å². The van der Waals surface area contributed by atoms with Crippen molar-refractivity contribution in [1.29, 1.82) is 0 Å². The number of halogens is 1. The number of methoxy groups -OCH3 is 1. The van der Waals surface area contributed by atoms with Crippen LogP contribution in [0.15, 0.2) is 65.8 Å². The number of rotatable bonds is 25. The second-order valence-electron chi connectivity index (χ2n) is 18.7. The van der Waals surface area contributed by atoms with Crippen molar-refractivity contribution in [3.63, 3.8) is 0 Å². The maximum absolute atomic E-state index is 14.7. The summed E-state index contributed by atoms with van der Waals surface area (Å²) in [5.41, 5.74) is 10.8. The van der Waals surface area contributed by atoms with Crippen LogP contribution in [0.3, 0.4) is 0 Å². The molecule has 1 saturated heterocycles. The Morgan fingerprint density at radius 3 is 2.25 bits per heavy atom. The van der Waals surface area contributed by atoms with Crippen LogP contribution in [0.2, 0.25) is 0 Å². The molecule has 2 N–H and O–H groups in total. The molecule has 7 rings (SSSR count). The van der Waals surface area contributed by atoms with Crippen molar-refractivity contribution in [2.45, 2.75) is 71.2 Å². The van der Waals surface area contributed by atoms with E-state index in [1.54, 1.807) is 43.3 Å². The molecule has 3 heterocycles. The number of aromatic nitrogens is 1. The molecular weight excluding hydrogens is 1110 g/mol. The van der Waals surface area contributed by atoms with Crippen molar-refractivity contribution >= 4 is 85.1 Å². The highest BCUT2D eigenvalue weighted by Gasteiger charge is 2.54. The first kappa shape index (κ1) is 60.6. The summed E-state index contributed by atoms with van der Waals surface area (Å²) < 4.78 is 91.7. The van der Waals surface area contributed by atoms with Crippen LogP contribution < -0.4 is 32.8 Å². The predicted octanol–water partition coefficient (Wildman–Crippen LogP) is 5.78. The topological polar surface area (TPSA) is 321 Å². The van der Waals surface area contributed by atoms with Gasteiger partial charge >= 0.3 is 34.3 Å². The molecule has 0 aliphatic carbocycles. The lowest BCUT2D eigenvalue weighted by molar-refractivity contribution is -0.288. The molecular formula is C53H60ClN7O19S. The van der Waals surface area contributed by atoms with Gasteiger partial charge in [-0.25, -0.2) is 0 Å². The highest BCUT2D eigenvalue weighted by atomic mass is 35.5. The van der Waals surface area contributed by atoms with E-state index < -0.39 is 101 Å². The van der Waals surface area contributed by atoms with Gasteiger partial charge in [0.25, 0.3) is 11.8 Å². The Morgan fingerprint density at radius 2 is 1.57 bits per heavy atom. The lowest BCUT2D eigenvalue weighted by atomic mass is 9.92. The number of fused-ring (bicyclic) bond motifs is 4. The molecule has 0 bridgehead atoms. The first-order chi connectivity index (χ1) is 38.6. The molecule has 0 saturated carbocycles. The van der Waals surface area contributed by atoms with Crippen LogP contribution in [-0.2, 0) is 58.0 Å². The van der Waals surface area contributed by atoms with Gasteiger partial charge in [0.15, 0.2) is 41.0 Å². The number of alkyl halides is 1. The maximum atomic E-state index is 14.7. The molecule has 6 atom stereocenters. The first-order valence-corrected chi connectivity index (χ1v) is 27.0. The minimum Gasteiger partial charge on any atom is -0.493 e. The van der Waals surface area contributed by atoms with Crippen molar-refractivity contribution in [2.75, 3.05) is 84.6 Å². The van der Waals surface area contributed by atoms with Crippen LogP contribution in [0, 0.1) is 6.92 Å². The summed E-state index contributed by atoms with van der Waals surface area (Å²) in [7, 11) is 0.00375. The highest BCUT2D eigenvalue weighted by Crippen LogP contribution is 2.48. The Balaban J connectivity index is 1.27. The largest absolute Gasteiger partial charge is 0.501 e. The zero-order chi connectivity index (χ0) is 58.7. The van der Waals surface area contributed by atoms with Crippen LogP contribution in [0.4, 0.5) is 5.69 Å². The molecule has 0 radical (unpaired) electrons. The number of H-pyrrole nitrogens is 1. The van der Waals surface area contributed by atoms with E-state index in [9.17, 15) is 37.2 Å². The SMILES string of the molecule is COc1cc2[nH]c(C(=O)N3C[C@@H](CCl)c4c3cc(OS(=O)(=O)Oc3cc(C(=O)NCCOCCN=[N+]=[N-])ccc3O[C@@H]3O[C@H](COC(C)=O)[C@H](OC(C)=O)[C@H](OC(C)=O)[C@H]3OC(C)=O)c3cccc(C)c43)cc2cc1OCCN(C)C. The lowest BCUT2D eigenvalue weighted by Gasteiger charge is -2.43. The highest BCUT2D eigenvalue weighted by molar-refractivity contribution is 7.82. The average Bonchev–Trinajstić information content (AvgIpc) is 3.78. The molecule has 1 aromatic heterocycles. The maximum Gasteiger partial charge on any atom is 0.501 e. The van der Waals surface area contributed by atoms with Crippen LogP contribution in [0.25, 0.3) is 32.1 Å². The van der Waals surface area contributed by atoms with Crippen LogP contribution in [0.1, 0.15) is 65.6 Å². The third kappa shape index (κ3) is 15.0. The predicted molar refractivity (Wildman–Crippen MR) is 289 cm³/mol. The van der Waals surface area contributed by atoms with Crippen molar-refractivity contribution in [3.8, 4) is 28.7 Å². The van der Waals surface area contributed by atoms with Gasteiger partial charge in [0.1, 0.15) is 25.0 Å². The third-order valence-corrected chi connectivity index (χ3v) is 13.7. The number of carbonyl (C=O) groups excluding carboxylic acids is 6. The summed E-state index contributed by atoms with van der Waals surface area (Å²) in [4.78, 5) is 87.3. The number of nitrogens with one attached hydrogen (secondary N) is 2. The molecule has 28 heteroatoms. The lowest BCUT2D eigenvalue weighted by Crippen LogP contribution is -2.63. The van der Waals surface area contributed by atoms with Gasteiger partial charge in [0.05, 0.1) is 26.0 Å². The Kier molecular flexibility index (Phi) is 20.1. The zero-order valence-corrected chi connectivity index (χ0v) is 47.0. The molecule has 434 valence electrons. The molecule has 1 fully saturated rings. The van der Waals surface area contributed by atoms with E-state index in [2.05, 4.69) is 20.3 Å². The van der Waals surface area contributed by atoms with Crippen molar-refractivity contribution < 1.29 is 88.2 Å². The van der Waals surface area contributed by atoms with Gasteiger partial charge in [-0.05, 0) is 73.4 Å². The fraction of sp³-hybridized carbons (Fsp3) is 0.434. The van der Waals surface area contributed by atoms with Gasteiger partial charge in [-0.3, -0.25) is 28.8 Å². The molecule has 5 aromatic rings. The average molecular weight is 1170 g/mol. The molecule has 2 aliphatic rings. The number of carbonyl (C=O) groups is 6. The normalized spacial score (nSPS) is 18.5. The fourth-order valence-corrected chi connectivity index (χ4v) is 10.1. The summed E-state index contributed by atoms with van der Waals surface area (Å²) in [6, 6.07) is 15.0. The van der Waals surface area contributed by atoms with E-state index in [1.807, 2.05) is 19.0 Å². The smallest absolute Gasteiger partial charge is 0.493 e. The zero-order valence-electron chi connectivity index (χ0n) is 45.4. The summed E-state index contributed by atoms with van der Waals surface area (Å²) in [6.07, 6.45) is -8.38. The van der Waals surface area contributed by atoms with Gasteiger partial charge in [-0.2, -0.15) is 0 Å². The molecule has 0 unspecified atom stereocenters. The number of aromatic amines is 1. The Hall–Kier alpha value is -8.07. The number of azide groups is 1. The van der Waals surface area contributed by atoms with E-state index in [0.29, 0.717) is 57.5 Å². The number of anilines is 1. The standard InChI is InChI=1S/C53H60ClN7O19S/c1-28-10-9-11-36-41(24-39-47(46(28)36)35(25-54)26-61(39)52(67)38-20-34-22-43(72-19-16-60(6)7)42(70-8)23-37(34)58-38)79-81(68,69)80-44-21-33(51(66)56-14-17-71-18-15-57-59-55)12-13-40(44)77-53-50(76-32(5)65)49(75-31(4)64)48(74-30(3)63)45(78-53)27-73-29(2)62/h9-13,20-24,35,45,48-50,53,58H,14-19,25-27H2,1-8H3,(H,56,66)/t35-,45-,48+,49+,50-,53-/m1/s1. The van der Waals surface area contributed by atoms with Gasteiger partial charge in [-0.15, -0.1) is 20.0 Å². The number of esters is 4. The molecule has 0 spiro atoms. The number of hydrogen-bond donors (Lipinski definition) is 2. The van der Waals surface area contributed by atoms with E-state index in [0.717, 1.165) is 39.8 Å². The van der Waals surface area contributed by atoms with Crippen molar-refractivity contribution in [2.24, 2.45) is 5.11 Å². The number of amides is 2. The number of hydrogen-bond acceptors (Lipinski definition) is 21. The van der Waals surface area contributed by atoms with Crippen LogP contribution in [-0.4, -0.2) is 164 Å². The minimum atomic E-state index is -5.34. The summed E-state index contributed by atoms with van der Waals surface area (Å²) in [5.74, 6) is -5.70. The second-order valence-corrected chi connectivity index (χ2v) is 20.2. The van der Waals surface area contributed by atoms with E-state index >= 15 is 0 Å². The first-order valence-electron chi connectivity index (χ1n) is 25.2. The molecule has 81 heavy (non-hydrogen) atoms. The molecule has 2 amide bonds.